The summed E-state index contributed by atoms with van der Waals surface area (Å²) in [4.78, 5) is 15.9. The zero-order chi connectivity index (χ0) is 21.5. The predicted molar refractivity (Wildman–Crippen MR) is 113 cm³/mol. The smallest absolute Gasteiger partial charge is 0.356 e. The molecule has 3 N–H and O–H groups in total. The van der Waals surface area contributed by atoms with Crippen LogP contribution in [0.15, 0.2) is 65.0 Å². The molecule has 0 unspecified atom stereocenters. The fourth-order valence-corrected chi connectivity index (χ4v) is 4.30. The van der Waals surface area contributed by atoms with Crippen LogP contribution in [0.25, 0.3) is 27.5 Å². The third-order valence-electron chi connectivity index (χ3n) is 4.57. The van der Waals surface area contributed by atoms with Gasteiger partial charge >= 0.3 is 5.97 Å². The van der Waals surface area contributed by atoms with Crippen LogP contribution < -0.4 is 5.14 Å². The molecule has 0 amide bonds. The van der Waals surface area contributed by atoms with E-state index >= 15 is 0 Å². The highest BCUT2D eigenvalue weighted by atomic mass is 32.2. The number of primary sulfonamides is 1. The van der Waals surface area contributed by atoms with Crippen LogP contribution in [0.5, 0.6) is 0 Å². The molecule has 0 saturated carbocycles. The number of thiazole rings is 1. The van der Waals surface area contributed by atoms with Crippen molar-refractivity contribution < 1.29 is 18.3 Å². The van der Waals surface area contributed by atoms with Crippen molar-refractivity contribution in [3.8, 4) is 27.5 Å². The Kier molecular flexibility index (Phi) is 4.98. The second kappa shape index (κ2) is 7.48. The van der Waals surface area contributed by atoms with Gasteiger partial charge in [0, 0.05) is 28.3 Å². The van der Waals surface area contributed by atoms with E-state index in [1.165, 1.54) is 40.3 Å². The summed E-state index contributed by atoms with van der Waals surface area (Å²) >= 11 is 1.53. The number of hydrogen-bond donors (Lipinski definition) is 2. The van der Waals surface area contributed by atoms with Gasteiger partial charge in [-0.3, -0.25) is 0 Å². The number of sulfonamides is 1. The van der Waals surface area contributed by atoms with Crippen LogP contribution in [0.4, 0.5) is 0 Å². The Morgan fingerprint density at radius 3 is 2.23 bits per heavy atom. The van der Waals surface area contributed by atoms with Gasteiger partial charge in [0.05, 0.1) is 16.3 Å². The van der Waals surface area contributed by atoms with E-state index in [4.69, 9.17) is 5.14 Å². The van der Waals surface area contributed by atoms with Gasteiger partial charge in [-0.2, -0.15) is 5.10 Å². The molecule has 0 atom stereocenters. The van der Waals surface area contributed by atoms with Crippen molar-refractivity contribution in [1.29, 1.82) is 0 Å². The molecule has 0 bridgehead atoms. The molecule has 0 aliphatic heterocycles. The largest absolute Gasteiger partial charge is 0.476 e. The third-order valence-corrected chi connectivity index (χ3v) is 6.32. The fraction of sp³-hybridized carbons (Fsp3) is 0.0500. The van der Waals surface area contributed by atoms with Gasteiger partial charge in [0.25, 0.3) is 0 Å². The second-order valence-corrected chi connectivity index (χ2v) is 8.95. The van der Waals surface area contributed by atoms with Crippen molar-refractivity contribution in [1.82, 2.24) is 14.8 Å². The van der Waals surface area contributed by atoms with Gasteiger partial charge in [0.1, 0.15) is 5.01 Å². The first-order valence-electron chi connectivity index (χ1n) is 8.72. The zero-order valence-electron chi connectivity index (χ0n) is 15.7. The van der Waals surface area contributed by atoms with Crippen LogP contribution in [0.1, 0.15) is 16.1 Å². The summed E-state index contributed by atoms with van der Waals surface area (Å²) in [5.41, 5.74) is 3.25. The zero-order valence-corrected chi connectivity index (χ0v) is 17.3. The van der Waals surface area contributed by atoms with Crippen molar-refractivity contribution in [2.24, 2.45) is 5.14 Å². The number of hydrogen-bond acceptors (Lipinski definition) is 6. The van der Waals surface area contributed by atoms with E-state index in [0.717, 1.165) is 16.1 Å². The Labute approximate surface area is 176 Å². The quantitative estimate of drug-likeness (QED) is 0.490. The molecule has 0 spiro atoms. The minimum absolute atomic E-state index is 0.0389. The summed E-state index contributed by atoms with van der Waals surface area (Å²) in [7, 11) is -3.84. The monoisotopic (exact) mass is 440 g/mol. The van der Waals surface area contributed by atoms with Crippen LogP contribution in [-0.2, 0) is 10.0 Å². The van der Waals surface area contributed by atoms with E-state index < -0.39 is 16.0 Å². The summed E-state index contributed by atoms with van der Waals surface area (Å²) in [5, 5.41) is 21.7. The first-order chi connectivity index (χ1) is 14.3. The molecule has 0 fully saturated rings. The normalized spacial score (nSPS) is 11.5. The third kappa shape index (κ3) is 3.63. The summed E-state index contributed by atoms with van der Waals surface area (Å²) in [5.74, 6) is -1.15. The molecule has 2 aromatic carbocycles. The predicted octanol–water partition coefficient (Wildman–Crippen LogP) is 3.32. The highest BCUT2D eigenvalue weighted by Gasteiger charge is 2.22. The highest BCUT2D eigenvalue weighted by Crippen LogP contribution is 2.31. The molecular weight excluding hydrogens is 424 g/mol. The number of carboxylic acids is 1. The average Bonchev–Trinajstić information content (AvgIpc) is 3.36. The number of benzene rings is 2. The lowest BCUT2D eigenvalue weighted by atomic mass is 10.0. The second-order valence-electron chi connectivity index (χ2n) is 6.49. The Hall–Kier alpha value is -3.34. The summed E-state index contributed by atoms with van der Waals surface area (Å²) in [6, 6.07) is 13.4. The molecule has 4 rings (SSSR count). The molecule has 8 nitrogen and oxygen atoms in total. The number of rotatable bonds is 5. The summed E-state index contributed by atoms with van der Waals surface area (Å²) < 4.78 is 24.5. The Morgan fingerprint density at radius 1 is 1.07 bits per heavy atom. The maximum absolute atomic E-state index is 11.7. The molecule has 30 heavy (non-hydrogen) atoms. The van der Waals surface area contributed by atoms with Gasteiger partial charge in [-0.25, -0.2) is 28.0 Å². The van der Waals surface area contributed by atoms with Gasteiger partial charge < -0.3 is 5.11 Å². The lowest BCUT2D eigenvalue weighted by molar-refractivity contribution is 0.0689. The van der Waals surface area contributed by atoms with Crippen LogP contribution in [0, 0.1) is 6.92 Å². The molecule has 152 valence electrons. The molecule has 0 radical (unpaired) electrons. The maximum Gasteiger partial charge on any atom is 0.356 e. The molecule has 10 heteroatoms. The van der Waals surface area contributed by atoms with E-state index in [1.807, 2.05) is 29.6 Å². The number of aromatic carboxylic acids is 1. The van der Waals surface area contributed by atoms with Gasteiger partial charge in [-0.15, -0.1) is 11.3 Å². The number of nitrogens with two attached hydrogens (primary N) is 1. The lowest BCUT2D eigenvalue weighted by Gasteiger charge is -2.10. The fourth-order valence-electron chi connectivity index (χ4n) is 3.14. The van der Waals surface area contributed by atoms with Crippen molar-refractivity contribution in [3.05, 3.63) is 71.4 Å². The van der Waals surface area contributed by atoms with E-state index in [0.29, 0.717) is 16.9 Å². The number of aromatic nitrogens is 3. The summed E-state index contributed by atoms with van der Waals surface area (Å²) in [6.07, 6.45) is 1.73. The van der Waals surface area contributed by atoms with Crippen molar-refractivity contribution in [3.63, 3.8) is 0 Å². The van der Waals surface area contributed by atoms with Gasteiger partial charge in [-0.05, 0) is 31.2 Å². The number of carboxylic acid groups (broad SMARTS) is 1. The Balaban J connectivity index is 1.84. The van der Waals surface area contributed by atoms with Crippen LogP contribution in [0.3, 0.4) is 0 Å². The standard InChI is InChI=1S/C20H16N4O4S2/c1-12-17(20(25)26)23-24(15-6-8-16(9-7-15)30(21,27)28)18(12)13-2-4-14(5-3-13)19-22-10-11-29-19/h2-11H,1H3,(H,25,26)(H2,21,27,28). The topological polar surface area (TPSA) is 128 Å². The van der Waals surface area contributed by atoms with E-state index in [2.05, 4.69) is 10.1 Å². The van der Waals surface area contributed by atoms with Crippen molar-refractivity contribution in [2.75, 3.05) is 0 Å². The van der Waals surface area contributed by atoms with Crippen LogP contribution >= 0.6 is 11.3 Å². The minimum atomic E-state index is -3.84. The van der Waals surface area contributed by atoms with Crippen molar-refractivity contribution >= 4 is 27.3 Å². The molecule has 2 heterocycles. The van der Waals surface area contributed by atoms with Crippen molar-refractivity contribution in [2.45, 2.75) is 11.8 Å². The Morgan fingerprint density at radius 2 is 1.70 bits per heavy atom. The van der Waals surface area contributed by atoms with E-state index in [9.17, 15) is 18.3 Å². The Bertz CT molecular complexity index is 1320. The molecule has 0 aliphatic carbocycles. The van der Waals surface area contributed by atoms with Crippen LogP contribution in [-0.4, -0.2) is 34.3 Å². The average molecular weight is 441 g/mol. The van der Waals surface area contributed by atoms with E-state index in [-0.39, 0.29) is 10.6 Å². The van der Waals surface area contributed by atoms with Gasteiger partial charge in [0.15, 0.2) is 5.69 Å². The first-order valence-corrected chi connectivity index (χ1v) is 11.1. The number of carbonyl (C=O) groups is 1. The molecule has 0 saturated heterocycles. The SMILES string of the molecule is Cc1c(C(=O)O)nn(-c2ccc(S(N)(=O)=O)cc2)c1-c1ccc(-c2nccs2)cc1. The minimum Gasteiger partial charge on any atom is -0.476 e. The van der Waals surface area contributed by atoms with Gasteiger partial charge in [0.2, 0.25) is 10.0 Å². The molecule has 2 aromatic heterocycles. The lowest BCUT2D eigenvalue weighted by Crippen LogP contribution is -2.12. The summed E-state index contributed by atoms with van der Waals surface area (Å²) in [6.45, 7) is 1.69. The first kappa shape index (κ1) is 20.0. The van der Waals surface area contributed by atoms with Gasteiger partial charge in [-0.1, -0.05) is 24.3 Å². The highest BCUT2D eigenvalue weighted by molar-refractivity contribution is 7.89. The molecule has 0 aliphatic rings. The number of nitrogens with zero attached hydrogens (tertiary/aromatic N) is 3. The van der Waals surface area contributed by atoms with Crippen LogP contribution in [0.2, 0.25) is 0 Å². The molecular formula is C20H16N4O4S2. The maximum atomic E-state index is 11.7. The molecule has 4 aromatic rings. The van der Waals surface area contributed by atoms with E-state index in [1.54, 1.807) is 13.1 Å².